The molecule has 1 aromatic heterocycles. The van der Waals surface area contributed by atoms with Gasteiger partial charge in [-0.25, -0.2) is 0 Å². The van der Waals surface area contributed by atoms with Gasteiger partial charge in [-0.05, 0) is 12.8 Å². The summed E-state index contributed by atoms with van der Waals surface area (Å²) in [6, 6.07) is 0. The predicted molar refractivity (Wildman–Crippen MR) is 90.6 cm³/mol. The van der Waals surface area contributed by atoms with E-state index in [0.29, 0.717) is 45.0 Å². The van der Waals surface area contributed by atoms with Gasteiger partial charge in [0, 0.05) is 46.1 Å². The number of ether oxygens (including phenoxy) is 1. The number of amides is 2. The van der Waals surface area contributed by atoms with Crippen molar-refractivity contribution in [3.05, 3.63) is 24.3 Å². The summed E-state index contributed by atoms with van der Waals surface area (Å²) in [5, 5.41) is 0. The van der Waals surface area contributed by atoms with Crippen LogP contribution in [0.25, 0.3) is 0 Å². The van der Waals surface area contributed by atoms with Crippen LogP contribution in [0.3, 0.4) is 0 Å². The first kappa shape index (κ1) is 17.8. The predicted octanol–water partition coefficient (Wildman–Crippen LogP) is -0.285. The van der Waals surface area contributed by atoms with E-state index in [1.807, 2.05) is 9.80 Å². The number of nitrogens with zero attached hydrogens (tertiary/aromatic N) is 5. The molecule has 0 spiro atoms. The zero-order valence-electron chi connectivity index (χ0n) is 14.8. The highest BCUT2D eigenvalue weighted by Gasteiger charge is 2.51. The molecule has 0 aliphatic carbocycles. The number of hydrogen-bond donors (Lipinski definition) is 0. The van der Waals surface area contributed by atoms with Gasteiger partial charge in [0.05, 0.1) is 31.6 Å². The molecular weight excluding hydrogens is 322 g/mol. The van der Waals surface area contributed by atoms with Crippen molar-refractivity contribution in [3.8, 4) is 0 Å². The van der Waals surface area contributed by atoms with Crippen LogP contribution in [0.15, 0.2) is 18.6 Å². The van der Waals surface area contributed by atoms with Gasteiger partial charge >= 0.3 is 0 Å². The number of aromatic nitrogens is 2. The van der Waals surface area contributed by atoms with Crippen molar-refractivity contribution in [1.29, 1.82) is 0 Å². The summed E-state index contributed by atoms with van der Waals surface area (Å²) in [5.41, 5.74) is -0.305. The number of likely N-dealkylation sites (N-methyl/N-ethyl adjacent to an activating group) is 1. The fourth-order valence-electron chi connectivity index (χ4n) is 3.69. The van der Waals surface area contributed by atoms with Crippen molar-refractivity contribution >= 4 is 11.8 Å². The van der Waals surface area contributed by atoms with Crippen LogP contribution in [-0.4, -0.2) is 90.0 Å². The third kappa shape index (κ3) is 3.36. The first-order valence-electron chi connectivity index (χ1n) is 8.64. The van der Waals surface area contributed by atoms with Gasteiger partial charge in [-0.2, -0.15) is 0 Å². The molecule has 0 radical (unpaired) electrons. The summed E-state index contributed by atoms with van der Waals surface area (Å²) in [6.07, 6.45) is 6.31. The lowest BCUT2D eigenvalue weighted by Gasteiger charge is -2.39. The topological polar surface area (TPSA) is 78.9 Å². The van der Waals surface area contributed by atoms with Crippen molar-refractivity contribution < 1.29 is 14.3 Å². The molecule has 2 saturated heterocycles. The maximum atomic E-state index is 13.1. The summed E-state index contributed by atoms with van der Waals surface area (Å²) in [6.45, 7) is 3.23. The maximum Gasteiger partial charge on any atom is 0.248 e. The Hall–Kier alpha value is -2.06. The fraction of sp³-hybridized carbons (Fsp3) is 0.647. The van der Waals surface area contributed by atoms with Gasteiger partial charge in [-0.3, -0.25) is 24.5 Å². The van der Waals surface area contributed by atoms with Crippen molar-refractivity contribution in [2.75, 3.05) is 53.5 Å². The van der Waals surface area contributed by atoms with Crippen molar-refractivity contribution in [3.63, 3.8) is 0 Å². The van der Waals surface area contributed by atoms with Crippen LogP contribution in [0.1, 0.15) is 18.5 Å². The molecule has 0 bridgehead atoms. The third-order valence-electron chi connectivity index (χ3n) is 4.94. The third-order valence-corrected chi connectivity index (χ3v) is 4.94. The smallest absolute Gasteiger partial charge is 0.248 e. The molecule has 0 unspecified atom stereocenters. The average molecular weight is 347 g/mol. The molecule has 8 heteroatoms. The number of carbonyl (C=O) groups is 2. The summed E-state index contributed by atoms with van der Waals surface area (Å²) in [5.74, 6) is -0.0229. The monoisotopic (exact) mass is 347 g/mol. The van der Waals surface area contributed by atoms with Gasteiger partial charge in [-0.1, -0.05) is 0 Å². The van der Waals surface area contributed by atoms with Gasteiger partial charge in [0.25, 0.3) is 0 Å². The second-order valence-electron chi connectivity index (χ2n) is 6.67. The van der Waals surface area contributed by atoms with Gasteiger partial charge in [0.2, 0.25) is 11.8 Å². The second-order valence-corrected chi connectivity index (χ2v) is 6.67. The Morgan fingerprint density at radius 1 is 1.24 bits per heavy atom. The van der Waals surface area contributed by atoms with Crippen LogP contribution < -0.4 is 0 Å². The minimum absolute atomic E-state index is 0.0324. The first-order chi connectivity index (χ1) is 12.1. The highest BCUT2D eigenvalue weighted by atomic mass is 16.5. The van der Waals surface area contributed by atoms with Gasteiger partial charge in [0.1, 0.15) is 5.54 Å². The van der Waals surface area contributed by atoms with Gasteiger partial charge in [-0.15, -0.1) is 0 Å². The molecule has 2 aliphatic heterocycles. The molecule has 2 fully saturated rings. The van der Waals surface area contributed by atoms with E-state index in [1.54, 1.807) is 37.6 Å². The van der Waals surface area contributed by atoms with Crippen LogP contribution in [0.4, 0.5) is 0 Å². The zero-order chi connectivity index (χ0) is 17.9. The summed E-state index contributed by atoms with van der Waals surface area (Å²) >= 11 is 0. The lowest BCUT2D eigenvalue weighted by molar-refractivity contribution is -0.145. The molecule has 0 aromatic carbocycles. The molecule has 2 aliphatic rings. The molecule has 2 amide bonds. The van der Waals surface area contributed by atoms with Crippen molar-refractivity contribution in [1.82, 2.24) is 24.7 Å². The van der Waals surface area contributed by atoms with E-state index in [1.165, 1.54) is 0 Å². The van der Waals surface area contributed by atoms with Crippen LogP contribution in [0, 0.1) is 0 Å². The Labute approximate surface area is 147 Å². The fourth-order valence-corrected chi connectivity index (χ4v) is 3.69. The van der Waals surface area contributed by atoms with Crippen LogP contribution in [0.2, 0.25) is 0 Å². The second kappa shape index (κ2) is 7.45. The number of morpholine rings is 1. The Morgan fingerprint density at radius 2 is 2.00 bits per heavy atom. The molecule has 25 heavy (non-hydrogen) atoms. The first-order valence-corrected chi connectivity index (χ1v) is 8.64. The SMILES string of the molecule is CN(C)C(=O)[C@]1(c2cnccn2)CCCN1CC(=O)N1CCOCC1. The molecule has 1 aromatic rings. The molecule has 136 valence electrons. The van der Waals surface area contributed by atoms with E-state index in [2.05, 4.69) is 9.97 Å². The van der Waals surface area contributed by atoms with Crippen LogP contribution in [-0.2, 0) is 19.9 Å². The quantitative estimate of drug-likeness (QED) is 0.745. The Bertz CT molecular complexity index is 618. The Balaban J connectivity index is 1.88. The van der Waals surface area contributed by atoms with Gasteiger partial charge < -0.3 is 14.5 Å². The molecule has 8 nitrogen and oxygen atoms in total. The summed E-state index contributed by atoms with van der Waals surface area (Å²) in [7, 11) is 3.47. The molecule has 0 saturated carbocycles. The molecule has 0 N–H and O–H groups in total. The number of rotatable bonds is 4. The highest BCUT2D eigenvalue weighted by molar-refractivity contribution is 5.88. The minimum Gasteiger partial charge on any atom is -0.378 e. The molecule has 3 heterocycles. The molecular formula is C17H25N5O3. The Morgan fingerprint density at radius 3 is 2.64 bits per heavy atom. The van der Waals surface area contributed by atoms with Crippen LogP contribution in [0.5, 0.6) is 0 Å². The number of likely N-dealkylation sites (tertiary alicyclic amines) is 1. The number of carbonyl (C=O) groups excluding carboxylic acids is 2. The summed E-state index contributed by atoms with van der Waals surface area (Å²) in [4.78, 5) is 39.8. The molecule has 1 atom stereocenters. The van der Waals surface area contributed by atoms with E-state index >= 15 is 0 Å². The van der Waals surface area contributed by atoms with E-state index in [0.717, 1.165) is 6.42 Å². The standard InChI is InChI=1S/C17H25N5O3/c1-20(2)16(24)17(14-12-18-5-6-19-14)4-3-7-22(17)13-15(23)21-8-10-25-11-9-21/h5-6,12H,3-4,7-11,13H2,1-2H3/t17-/m1/s1. The summed E-state index contributed by atoms with van der Waals surface area (Å²) < 4.78 is 5.31. The van der Waals surface area contributed by atoms with E-state index in [4.69, 9.17) is 4.74 Å². The van der Waals surface area contributed by atoms with Crippen molar-refractivity contribution in [2.45, 2.75) is 18.4 Å². The average Bonchev–Trinajstić information content (AvgIpc) is 3.06. The van der Waals surface area contributed by atoms with E-state index in [9.17, 15) is 9.59 Å². The van der Waals surface area contributed by atoms with Gasteiger partial charge in [0.15, 0.2) is 0 Å². The van der Waals surface area contributed by atoms with E-state index < -0.39 is 5.54 Å². The van der Waals surface area contributed by atoms with Crippen molar-refractivity contribution in [2.24, 2.45) is 0 Å². The lowest BCUT2D eigenvalue weighted by Crippen LogP contribution is -2.56. The number of hydrogen-bond acceptors (Lipinski definition) is 6. The highest BCUT2D eigenvalue weighted by Crippen LogP contribution is 2.39. The van der Waals surface area contributed by atoms with Crippen LogP contribution >= 0.6 is 0 Å². The Kier molecular flexibility index (Phi) is 5.29. The maximum absolute atomic E-state index is 13.1. The molecule has 3 rings (SSSR count). The van der Waals surface area contributed by atoms with E-state index in [-0.39, 0.29) is 18.4 Å². The lowest BCUT2D eigenvalue weighted by atomic mass is 9.90. The minimum atomic E-state index is -0.917. The largest absolute Gasteiger partial charge is 0.378 e. The normalized spacial score (nSPS) is 24.3. The zero-order valence-corrected chi connectivity index (χ0v) is 14.8.